The molecule has 0 amide bonds. The molecule has 0 radical (unpaired) electrons. The maximum Gasteiger partial charge on any atom is 0.163 e. The Morgan fingerprint density at radius 2 is 1.07 bits per heavy atom. The zero-order valence-electron chi connectivity index (χ0n) is 21.6. The van der Waals surface area contributed by atoms with Crippen LogP contribution in [0.2, 0.25) is 0 Å². The molecule has 0 atom stereocenters. The van der Waals surface area contributed by atoms with Gasteiger partial charge in [0.05, 0.1) is 66.1 Å². The maximum atomic E-state index is 10.3. The van der Waals surface area contributed by atoms with E-state index in [0.717, 1.165) is 0 Å². The molecule has 0 bridgehead atoms. The Balaban J connectivity index is 1.88. The molecule has 5 rings (SSSR count). The molecule has 0 fully saturated rings. The molecule has 9 nitrogen and oxygen atoms in total. The van der Waals surface area contributed by atoms with Crippen LogP contribution < -0.4 is 20.1 Å². The number of ether oxygens (including phenoxy) is 2. The van der Waals surface area contributed by atoms with Gasteiger partial charge in [0, 0.05) is 34.9 Å². The van der Waals surface area contributed by atoms with Gasteiger partial charge in [0.1, 0.15) is 11.5 Å². The molecule has 2 aliphatic carbocycles. The molecule has 9 heteroatoms. The van der Waals surface area contributed by atoms with E-state index in [1.165, 1.54) is 12.1 Å². The van der Waals surface area contributed by atoms with Gasteiger partial charge in [0.15, 0.2) is 5.82 Å². The molecule has 1 heterocycles. The summed E-state index contributed by atoms with van der Waals surface area (Å²) in [6, 6.07) is 25.8. The van der Waals surface area contributed by atoms with Gasteiger partial charge < -0.3 is 20.1 Å². The lowest BCUT2D eigenvalue weighted by Gasteiger charge is -2.12. The third kappa shape index (κ3) is 4.77. The van der Waals surface area contributed by atoms with Gasteiger partial charge in [-0.25, -0.2) is 9.97 Å². The van der Waals surface area contributed by atoms with Gasteiger partial charge in [-0.1, -0.05) is 0 Å². The molecule has 2 N–H and O–H groups in total. The molecule has 0 saturated carbocycles. The molecule has 1 aromatic heterocycles. The highest BCUT2D eigenvalue weighted by atomic mass is 16.5. The van der Waals surface area contributed by atoms with Crippen LogP contribution >= 0.6 is 0 Å². The quantitative estimate of drug-likeness (QED) is 0.249. The molecular formula is C31H21N7O2. The topological polar surface area (TPSA) is 140 Å². The van der Waals surface area contributed by atoms with E-state index < -0.39 is 0 Å². The fraction of sp³-hybridized carbons (Fsp3) is 0.0645. The molecule has 0 spiro atoms. The molecule has 2 aromatic carbocycles. The van der Waals surface area contributed by atoms with Crippen molar-refractivity contribution in [3.63, 3.8) is 0 Å². The lowest BCUT2D eigenvalue weighted by molar-refractivity contribution is 0.415. The lowest BCUT2D eigenvalue weighted by atomic mass is 10.0. The maximum absolute atomic E-state index is 10.3. The minimum atomic E-state index is 0.188. The largest absolute Gasteiger partial charge is 0.497 e. The monoisotopic (exact) mass is 523 g/mol. The van der Waals surface area contributed by atoms with Crippen molar-refractivity contribution >= 4 is 22.7 Å². The van der Waals surface area contributed by atoms with Crippen molar-refractivity contribution in [3.05, 3.63) is 95.8 Å². The van der Waals surface area contributed by atoms with E-state index in [1.807, 2.05) is 48.5 Å². The van der Waals surface area contributed by atoms with Crippen LogP contribution in [0.15, 0.2) is 79.1 Å². The Morgan fingerprint density at radius 1 is 0.625 bits per heavy atom. The van der Waals surface area contributed by atoms with Crippen molar-refractivity contribution < 1.29 is 9.47 Å². The molecule has 192 valence electrons. The second-order valence-corrected chi connectivity index (χ2v) is 8.56. The van der Waals surface area contributed by atoms with Gasteiger partial charge in [-0.15, -0.1) is 0 Å². The third-order valence-corrected chi connectivity index (χ3v) is 6.27. The minimum absolute atomic E-state index is 0.188. The number of aromatic nitrogens is 2. The first-order valence-electron chi connectivity index (χ1n) is 12.1. The van der Waals surface area contributed by atoms with Crippen LogP contribution in [0.3, 0.4) is 0 Å². The molecule has 0 aliphatic heterocycles. The van der Waals surface area contributed by atoms with Gasteiger partial charge in [-0.05, 0) is 66.7 Å². The van der Waals surface area contributed by atoms with Crippen LogP contribution in [0.4, 0.5) is 22.7 Å². The number of nitrogens with one attached hydrogen (secondary N) is 2. The Labute approximate surface area is 230 Å². The van der Waals surface area contributed by atoms with E-state index in [4.69, 9.17) is 9.47 Å². The summed E-state index contributed by atoms with van der Waals surface area (Å²) in [4.78, 5) is 9.03. The first-order chi connectivity index (χ1) is 19.6. The summed E-state index contributed by atoms with van der Waals surface area (Å²) in [6.45, 7) is 0. The zero-order chi connectivity index (χ0) is 28.1. The molecule has 40 heavy (non-hydrogen) atoms. The van der Waals surface area contributed by atoms with Crippen molar-refractivity contribution in [2.24, 2.45) is 0 Å². The number of anilines is 4. The Hall–Kier alpha value is -6.11. The standard InChI is InChI=1S/C31H21N7O2/c1-39-24-8-4-22(5-9-24)37-29-26-20(17-33)14-19(16-32)15-21(18-34)27(26)30(28(29)31-35-12-3-13-36-31)38-23-6-10-25(40-2)11-7-23/h3-15,37-38H,1-2H3. The summed E-state index contributed by atoms with van der Waals surface area (Å²) in [5.74, 6) is 1.74. The molecule has 0 saturated heterocycles. The van der Waals surface area contributed by atoms with E-state index >= 15 is 0 Å². The van der Waals surface area contributed by atoms with Gasteiger partial charge in [-0.2, -0.15) is 15.8 Å². The Kier molecular flexibility index (Phi) is 7.09. The summed E-state index contributed by atoms with van der Waals surface area (Å²) >= 11 is 0. The summed E-state index contributed by atoms with van der Waals surface area (Å²) in [6.07, 6.45) is 3.25. The van der Waals surface area contributed by atoms with Crippen LogP contribution in [0.5, 0.6) is 11.5 Å². The SMILES string of the molecule is COc1ccc(Nc2c3c(C#N)cc(C#N)cc(C#N)c-3c(Nc3ccc(OC)cc3)c2-c2ncccn2)cc1. The van der Waals surface area contributed by atoms with Crippen LogP contribution in [0.25, 0.3) is 22.5 Å². The number of hydrogen-bond acceptors (Lipinski definition) is 9. The lowest BCUT2D eigenvalue weighted by Crippen LogP contribution is -1.97. The average molecular weight is 524 g/mol. The van der Waals surface area contributed by atoms with Crippen molar-refractivity contribution in [1.82, 2.24) is 9.97 Å². The second kappa shape index (κ2) is 11.1. The molecule has 2 aliphatic rings. The number of benzene rings is 2. The number of fused-ring (bicyclic) bond motifs is 1. The number of nitrogens with zero attached hydrogens (tertiary/aromatic N) is 5. The number of hydrogen-bond donors (Lipinski definition) is 2. The van der Waals surface area contributed by atoms with E-state index in [2.05, 4.69) is 38.8 Å². The highest BCUT2D eigenvalue weighted by molar-refractivity contribution is 6.11. The van der Waals surface area contributed by atoms with Crippen LogP contribution in [-0.2, 0) is 0 Å². The van der Waals surface area contributed by atoms with Gasteiger partial charge in [0.2, 0.25) is 0 Å². The summed E-state index contributed by atoms with van der Waals surface area (Å²) in [7, 11) is 3.18. The van der Waals surface area contributed by atoms with Crippen molar-refractivity contribution in [2.75, 3.05) is 24.9 Å². The van der Waals surface area contributed by atoms with Gasteiger partial charge >= 0.3 is 0 Å². The molecular weight excluding hydrogens is 502 g/mol. The summed E-state index contributed by atoms with van der Waals surface area (Å²) in [5.41, 5.74) is 4.50. The smallest absolute Gasteiger partial charge is 0.163 e. The molecule has 0 unspecified atom stereocenters. The van der Waals surface area contributed by atoms with Crippen LogP contribution in [0, 0.1) is 34.0 Å². The first kappa shape index (κ1) is 25.5. The Bertz CT molecular complexity index is 1680. The summed E-state index contributed by atoms with van der Waals surface area (Å²) < 4.78 is 10.6. The van der Waals surface area contributed by atoms with Crippen LogP contribution in [0.1, 0.15) is 16.7 Å². The van der Waals surface area contributed by atoms with Crippen molar-refractivity contribution in [3.8, 4) is 52.2 Å². The van der Waals surface area contributed by atoms with Gasteiger partial charge in [-0.3, -0.25) is 0 Å². The van der Waals surface area contributed by atoms with Gasteiger partial charge in [0.25, 0.3) is 0 Å². The van der Waals surface area contributed by atoms with Crippen molar-refractivity contribution in [1.29, 1.82) is 15.8 Å². The van der Waals surface area contributed by atoms with Crippen molar-refractivity contribution in [2.45, 2.75) is 0 Å². The predicted octanol–water partition coefficient (Wildman–Crippen LogP) is 6.37. The summed E-state index contributed by atoms with van der Waals surface area (Å²) in [5, 5.41) is 37.1. The van der Waals surface area contributed by atoms with E-state index in [0.29, 0.717) is 56.8 Å². The van der Waals surface area contributed by atoms with E-state index in [9.17, 15) is 15.8 Å². The normalized spacial score (nSPS) is 10.2. The first-order valence-corrected chi connectivity index (χ1v) is 12.1. The average Bonchev–Trinajstić information content (AvgIpc) is 3.20. The van der Waals surface area contributed by atoms with E-state index in [1.54, 1.807) is 32.7 Å². The minimum Gasteiger partial charge on any atom is -0.497 e. The Morgan fingerprint density at radius 3 is 1.45 bits per heavy atom. The number of rotatable bonds is 7. The number of methoxy groups -OCH3 is 2. The fourth-order valence-electron chi connectivity index (χ4n) is 4.44. The zero-order valence-corrected chi connectivity index (χ0v) is 21.6. The predicted molar refractivity (Wildman–Crippen MR) is 151 cm³/mol. The highest BCUT2D eigenvalue weighted by Gasteiger charge is 2.31. The van der Waals surface area contributed by atoms with Crippen LogP contribution in [-0.4, -0.2) is 24.2 Å². The number of nitriles is 3. The van der Waals surface area contributed by atoms with E-state index in [-0.39, 0.29) is 16.7 Å². The molecule has 3 aromatic rings. The fourth-order valence-corrected chi connectivity index (χ4v) is 4.44. The third-order valence-electron chi connectivity index (χ3n) is 6.27. The second-order valence-electron chi connectivity index (χ2n) is 8.56. The highest BCUT2D eigenvalue weighted by Crippen LogP contribution is 2.53.